The fraction of sp³-hybridized carbons (Fsp3) is 0.500. The molecule has 0 fully saturated rings. The lowest BCUT2D eigenvalue weighted by atomic mass is 10.0. The molecule has 2 heterocycles. The minimum absolute atomic E-state index is 0.475. The predicted octanol–water partition coefficient (Wildman–Crippen LogP) is 0.869. The van der Waals surface area contributed by atoms with Gasteiger partial charge in [0.05, 0.1) is 0 Å². The van der Waals surface area contributed by atoms with Crippen LogP contribution >= 0.6 is 0 Å². The molecule has 0 aromatic carbocycles. The van der Waals surface area contributed by atoms with Gasteiger partial charge in [-0.05, 0) is 20.0 Å². The maximum absolute atomic E-state index is 9.81. The molecule has 0 spiro atoms. The molecule has 0 saturated heterocycles. The van der Waals surface area contributed by atoms with Crippen LogP contribution < -0.4 is 0 Å². The SMILES string of the molecule is Cc1ccc2c(n1)CCN(C)C2O. The van der Waals surface area contributed by atoms with E-state index in [1.54, 1.807) is 0 Å². The number of hydrogen-bond acceptors (Lipinski definition) is 3. The Morgan fingerprint density at radius 2 is 2.31 bits per heavy atom. The van der Waals surface area contributed by atoms with Gasteiger partial charge in [-0.25, -0.2) is 0 Å². The average Bonchev–Trinajstić information content (AvgIpc) is 2.12. The second-order valence-corrected chi connectivity index (χ2v) is 3.59. The molecule has 0 radical (unpaired) electrons. The molecule has 1 N–H and O–H groups in total. The van der Waals surface area contributed by atoms with E-state index in [0.717, 1.165) is 29.9 Å². The minimum Gasteiger partial charge on any atom is -0.374 e. The summed E-state index contributed by atoms with van der Waals surface area (Å²) in [6.45, 7) is 2.86. The van der Waals surface area contributed by atoms with Crippen LogP contribution in [-0.4, -0.2) is 28.6 Å². The van der Waals surface area contributed by atoms with Gasteiger partial charge < -0.3 is 5.11 Å². The van der Waals surface area contributed by atoms with E-state index in [1.165, 1.54) is 0 Å². The van der Waals surface area contributed by atoms with E-state index < -0.39 is 6.23 Å². The molecule has 1 aliphatic heterocycles. The van der Waals surface area contributed by atoms with E-state index in [-0.39, 0.29) is 0 Å². The molecule has 1 aliphatic rings. The number of rotatable bonds is 0. The average molecular weight is 178 g/mol. The maximum Gasteiger partial charge on any atom is 0.135 e. The van der Waals surface area contributed by atoms with Crippen molar-refractivity contribution in [3.05, 3.63) is 29.1 Å². The van der Waals surface area contributed by atoms with Crippen LogP contribution in [0.25, 0.3) is 0 Å². The van der Waals surface area contributed by atoms with Gasteiger partial charge in [-0.15, -0.1) is 0 Å². The molecule has 0 saturated carbocycles. The molecule has 0 amide bonds. The van der Waals surface area contributed by atoms with Crippen LogP contribution in [0.2, 0.25) is 0 Å². The molecular formula is C10H14N2O. The van der Waals surface area contributed by atoms with Gasteiger partial charge in [0.15, 0.2) is 0 Å². The maximum atomic E-state index is 9.81. The van der Waals surface area contributed by atoms with Crippen molar-refractivity contribution in [3.8, 4) is 0 Å². The number of hydrogen-bond donors (Lipinski definition) is 1. The first-order valence-electron chi connectivity index (χ1n) is 4.53. The highest BCUT2D eigenvalue weighted by atomic mass is 16.3. The Bertz CT molecular complexity index is 325. The summed E-state index contributed by atoms with van der Waals surface area (Å²) in [5.74, 6) is 0. The number of aromatic nitrogens is 1. The van der Waals surface area contributed by atoms with E-state index in [9.17, 15) is 5.11 Å². The van der Waals surface area contributed by atoms with Gasteiger partial charge in [-0.2, -0.15) is 0 Å². The highest BCUT2D eigenvalue weighted by molar-refractivity contribution is 5.26. The predicted molar refractivity (Wildman–Crippen MR) is 50.3 cm³/mol. The van der Waals surface area contributed by atoms with Gasteiger partial charge >= 0.3 is 0 Å². The molecule has 70 valence electrons. The van der Waals surface area contributed by atoms with Crippen molar-refractivity contribution in [3.63, 3.8) is 0 Å². The number of likely N-dealkylation sites (N-methyl/N-ethyl adjacent to an activating group) is 1. The van der Waals surface area contributed by atoms with Gasteiger partial charge in [0.2, 0.25) is 0 Å². The zero-order valence-corrected chi connectivity index (χ0v) is 7.99. The van der Waals surface area contributed by atoms with Crippen LogP contribution in [0.4, 0.5) is 0 Å². The van der Waals surface area contributed by atoms with E-state index in [2.05, 4.69) is 4.98 Å². The molecule has 1 unspecified atom stereocenters. The molecule has 0 bridgehead atoms. The summed E-state index contributed by atoms with van der Waals surface area (Å²) in [5.41, 5.74) is 3.03. The van der Waals surface area contributed by atoms with Gasteiger partial charge in [-0.1, -0.05) is 6.07 Å². The molecule has 0 aliphatic carbocycles. The lowest BCUT2D eigenvalue weighted by Gasteiger charge is -2.29. The number of aryl methyl sites for hydroxylation is 1. The lowest BCUT2D eigenvalue weighted by molar-refractivity contribution is 0.0119. The largest absolute Gasteiger partial charge is 0.374 e. The van der Waals surface area contributed by atoms with Crippen molar-refractivity contribution in [2.24, 2.45) is 0 Å². The summed E-state index contributed by atoms with van der Waals surface area (Å²) < 4.78 is 0. The first-order chi connectivity index (χ1) is 6.18. The summed E-state index contributed by atoms with van der Waals surface area (Å²) in [7, 11) is 1.92. The van der Waals surface area contributed by atoms with Crippen LogP contribution in [-0.2, 0) is 6.42 Å². The normalized spacial score (nSPS) is 22.8. The molecular weight excluding hydrogens is 164 g/mol. The summed E-state index contributed by atoms with van der Waals surface area (Å²) in [4.78, 5) is 6.34. The number of aliphatic hydroxyl groups is 1. The first-order valence-corrected chi connectivity index (χ1v) is 4.53. The number of pyridine rings is 1. The highest BCUT2D eigenvalue weighted by Gasteiger charge is 2.22. The van der Waals surface area contributed by atoms with E-state index in [0.29, 0.717) is 0 Å². The first kappa shape index (κ1) is 8.66. The number of fused-ring (bicyclic) bond motifs is 1. The molecule has 1 aromatic heterocycles. The van der Waals surface area contributed by atoms with E-state index >= 15 is 0 Å². The third kappa shape index (κ3) is 1.45. The van der Waals surface area contributed by atoms with Crippen molar-refractivity contribution >= 4 is 0 Å². The third-order valence-electron chi connectivity index (χ3n) is 2.55. The monoisotopic (exact) mass is 178 g/mol. The smallest absolute Gasteiger partial charge is 0.135 e. The van der Waals surface area contributed by atoms with Crippen LogP contribution in [0.3, 0.4) is 0 Å². The van der Waals surface area contributed by atoms with E-state index in [1.807, 2.05) is 31.0 Å². The molecule has 13 heavy (non-hydrogen) atoms. The summed E-state index contributed by atoms with van der Waals surface area (Å²) in [6.07, 6.45) is 0.460. The number of nitrogens with zero attached hydrogens (tertiary/aromatic N) is 2. The minimum atomic E-state index is -0.475. The quantitative estimate of drug-likeness (QED) is 0.640. The Labute approximate surface area is 78.0 Å². The summed E-state index contributed by atoms with van der Waals surface area (Å²) in [6, 6.07) is 3.92. The van der Waals surface area contributed by atoms with E-state index in [4.69, 9.17) is 0 Å². The molecule has 3 nitrogen and oxygen atoms in total. The van der Waals surface area contributed by atoms with Gasteiger partial charge in [0.1, 0.15) is 6.23 Å². The lowest BCUT2D eigenvalue weighted by Crippen LogP contribution is -2.32. The Hall–Kier alpha value is -0.930. The molecule has 1 aromatic rings. The third-order valence-corrected chi connectivity index (χ3v) is 2.55. The standard InChI is InChI=1S/C10H14N2O/c1-7-3-4-8-9(11-7)5-6-12(2)10(8)13/h3-4,10,13H,5-6H2,1-2H3. The van der Waals surface area contributed by atoms with Crippen LogP contribution in [0.5, 0.6) is 0 Å². The van der Waals surface area contributed by atoms with Crippen molar-refractivity contribution in [2.75, 3.05) is 13.6 Å². The zero-order valence-electron chi connectivity index (χ0n) is 7.99. The summed E-state index contributed by atoms with van der Waals surface area (Å²) in [5, 5.41) is 9.81. The molecule has 2 rings (SSSR count). The van der Waals surface area contributed by atoms with Crippen LogP contribution in [0, 0.1) is 6.92 Å². The van der Waals surface area contributed by atoms with Crippen molar-refractivity contribution < 1.29 is 5.11 Å². The molecule has 1 atom stereocenters. The second-order valence-electron chi connectivity index (χ2n) is 3.59. The summed E-state index contributed by atoms with van der Waals surface area (Å²) >= 11 is 0. The van der Waals surface area contributed by atoms with Crippen LogP contribution in [0.1, 0.15) is 23.2 Å². The topological polar surface area (TPSA) is 36.4 Å². The Kier molecular flexibility index (Phi) is 2.06. The van der Waals surface area contributed by atoms with Crippen molar-refractivity contribution in [1.82, 2.24) is 9.88 Å². The fourth-order valence-corrected chi connectivity index (χ4v) is 1.70. The van der Waals surface area contributed by atoms with Crippen molar-refractivity contribution in [2.45, 2.75) is 19.6 Å². The van der Waals surface area contributed by atoms with Crippen molar-refractivity contribution in [1.29, 1.82) is 0 Å². The van der Waals surface area contributed by atoms with Gasteiger partial charge in [0, 0.05) is 29.9 Å². The Morgan fingerprint density at radius 1 is 1.54 bits per heavy atom. The zero-order chi connectivity index (χ0) is 9.42. The number of aliphatic hydroxyl groups excluding tert-OH is 1. The Balaban J connectivity index is 2.44. The van der Waals surface area contributed by atoms with Crippen LogP contribution in [0.15, 0.2) is 12.1 Å². The highest BCUT2D eigenvalue weighted by Crippen LogP contribution is 2.24. The second kappa shape index (κ2) is 3.09. The molecule has 3 heteroatoms. The fourth-order valence-electron chi connectivity index (χ4n) is 1.70. The van der Waals surface area contributed by atoms with Gasteiger partial charge in [0.25, 0.3) is 0 Å². The van der Waals surface area contributed by atoms with Gasteiger partial charge in [-0.3, -0.25) is 9.88 Å². The Morgan fingerprint density at radius 3 is 3.08 bits per heavy atom.